The minimum absolute atomic E-state index is 0.209. The number of hydrogen-bond donors (Lipinski definition) is 2. The number of likely N-dealkylation sites (N-methyl/N-ethyl adjacent to an activating group) is 1. The Morgan fingerprint density at radius 1 is 1.07 bits per heavy atom. The van der Waals surface area contributed by atoms with Crippen molar-refractivity contribution >= 4 is 10.9 Å². The van der Waals surface area contributed by atoms with Gasteiger partial charge in [-0.05, 0) is 61.8 Å². The predicted molar refractivity (Wildman–Crippen MR) is 116 cm³/mol. The van der Waals surface area contributed by atoms with Gasteiger partial charge in [0, 0.05) is 29.7 Å². The molecule has 0 aliphatic carbocycles. The summed E-state index contributed by atoms with van der Waals surface area (Å²) >= 11 is 0. The molecule has 148 valence electrons. The van der Waals surface area contributed by atoms with Crippen LogP contribution in [0.15, 0.2) is 42.5 Å². The van der Waals surface area contributed by atoms with Gasteiger partial charge < -0.3 is 19.9 Å². The Morgan fingerprint density at radius 2 is 1.86 bits per heavy atom. The van der Waals surface area contributed by atoms with Gasteiger partial charge in [-0.1, -0.05) is 37.6 Å². The lowest BCUT2D eigenvalue weighted by Gasteiger charge is -2.25. The highest BCUT2D eigenvalue weighted by molar-refractivity contribution is 5.86. The van der Waals surface area contributed by atoms with Crippen molar-refractivity contribution in [2.45, 2.75) is 33.2 Å². The molecule has 2 aromatic carbocycles. The number of fused-ring (bicyclic) bond motifs is 3. The molecule has 0 radical (unpaired) electrons. The van der Waals surface area contributed by atoms with Gasteiger partial charge in [0.2, 0.25) is 0 Å². The highest BCUT2D eigenvalue weighted by Gasteiger charge is 2.25. The van der Waals surface area contributed by atoms with E-state index in [1.807, 2.05) is 0 Å². The van der Waals surface area contributed by atoms with E-state index in [4.69, 9.17) is 4.74 Å². The average Bonchev–Trinajstić information content (AvgIpc) is 3.10. The number of aromatic nitrogens is 1. The van der Waals surface area contributed by atoms with E-state index in [-0.39, 0.29) is 6.04 Å². The molecule has 0 spiro atoms. The standard InChI is InChI=1S/C24H31N3O/c1-4-27(5-2)14-15-28-19-9-7-18(8-10-19)23-24-20(12-13-25-23)21-16-17(3)6-11-22(21)26-24/h6-11,16,23,25-26H,4-5,12-15H2,1-3H3. The van der Waals surface area contributed by atoms with E-state index in [1.54, 1.807) is 0 Å². The van der Waals surface area contributed by atoms with Crippen LogP contribution in [0.2, 0.25) is 0 Å². The number of ether oxygens (including phenoxy) is 1. The summed E-state index contributed by atoms with van der Waals surface area (Å²) in [5, 5.41) is 5.05. The zero-order chi connectivity index (χ0) is 19.5. The van der Waals surface area contributed by atoms with Crippen LogP contribution in [0.1, 0.15) is 42.3 Å². The molecule has 1 aliphatic rings. The van der Waals surface area contributed by atoms with Crippen LogP contribution >= 0.6 is 0 Å². The molecule has 0 saturated heterocycles. The number of H-pyrrole nitrogens is 1. The van der Waals surface area contributed by atoms with Crippen LogP contribution in [0.4, 0.5) is 0 Å². The van der Waals surface area contributed by atoms with Gasteiger partial charge in [-0.3, -0.25) is 0 Å². The topological polar surface area (TPSA) is 40.3 Å². The summed E-state index contributed by atoms with van der Waals surface area (Å²) in [6.07, 6.45) is 1.07. The van der Waals surface area contributed by atoms with Gasteiger partial charge in [-0.25, -0.2) is 0 Å². The van der Waals surface area contributed by atoms with E-state index >= 15 is 0 Å². The van der Waals surface area contributed by atoms with E-state index in [1.165, 1.54) is 33.3 Å². The summed E-state index contributed by atoms with van der Waals surface area (Å²) in [6.45, 7) is 11.4. The second kappa shape index (κ2) is 8.38. The third-order valence-electron chi connectivity index (χ3n) is 5.89. The SMILES string of the molecule is CCN(CC)CCOc1ccc(C2NCCc3c2[nH]c2ccc(C)cc32)cc1. The van der Waals surface area contributed by atoms with Gasteiger partial charge in [0.1, 0.15) is 12.4 Å². The van der Waals surface area contributed by atoms with E-state index < -0.39 is 0 Å². The molecule has 1 aromatic heterocycles. The van der Waals surface area contributed by atoms with Gasteiger partial charge in [-0.15, -0.1) is 0 Å². The predicted octanol–water partition coefficient (Wildman–Crippen LogP) is 4.43. The molecular weight excluding hydrogens is 346 g/mol. The van der Waals surface area contributed by atoms with Crippen molar-refractivity contribution in [3.63, 3.8) is 0 Å². The largest absolute Gasteiger partial charge is 0.492 e. The number of benzene rings is 2. The van der Waals surface area contributed by atoms with Crippen molar-refractivity contribution in [2.75, 3.05) is 32.8 Å². The maximum absolute atomic E-state index is 5.94. The van der Waals surface area contributed by atoms with Crippen LogP contribution in [0.3, 0.4) is 0 Å². The summed E-state index contributed by atoms with van der Waals surface area (Å²) in [4.78, 5) is 6.04. The van der Waals surface area contributed by atoms with Crippen LogP contribution < -0.4 is 10.1 Å². The fraction of sp³-hybridized carbons (Fsp3) is 0.417. The lowest BCUT2D eigenvalue weighted by Crippen LogP contribution is -2.30. The Labute approximate surface area is 167 Å². The summed E-state index contributed by atoms with van der Waals surface area (Å²) in [6, 6.07) is 15.5. The molecule has 0 bridgehead atoms. The van der Waals surface area contributed by atoms with Crippen molar-refractivity contribution in [1.29, 1.82) is 0 Å². The number of nitrogens with zero attached hydrogens (tertiary/aromatic N) is 1. The van der Waals surface area contributed by atoms with E-state index in [0.717, 1.165) is 45.0 Å². The number of nitrogens with one attached hydrogen (secondary N) is 2. The molecule has 4 nitrogen and oxygen atoms in total. The van der Waals surface area contributed by atoms with Crippen molar-refractivity contribution in [2.24, 2.45) is 0 Å². The van der Waals surface area contributed by atoms with Crippen LogP contribution in [-0.2, 0) is 6.42 Å². The first kappa shape index (κ1) is 19.0. The van der Waals surface area contributed by atoms with E-state index in [9.17, 15) is 0 Å². The monoisotopic (exact) mass is 377 g/mol. The van der Waals surface area contributed by atoms with Crippen LogP contribution in [0, 0.1) is 6.92 Å². The molecule has 0 amide bonds. The molecule has 0 saturated carbocycles. The minimum atomic E-state index is 0.209. The number of rotatable bonds is 7. The number of aromatic amines is 1. The first-order chi connectivity index (χ1) is 13.7. The zero-order valence-electron chi connectivity index (χ0n) is 17.2. The van der Waals surface area contributed by atoms with Gasteiger partial charge in [0.25, 0.3) is 0 Å². The Hall–Kier alpha value is -2.30. The molecule has 4 rings (SSSR count). The number of hydrogen-bond acceptors (Lipinski definition) is 3. The molecular formula is C24H31N3O. The van der Waals surface area contributed by atoms with Gasteiger partial charge in [0.15, 0.2) is 0 Å². The molecule has 28 heavy (non-hydrogen) atoms. The van der Waals surface area contributed by atoms with Crippen molar-refractivity contribution in [3.8, 4) is 5.75 Å². The van der Waals surface area contributed by atoms with Gasteiger partial charge >= 0.3 is 0 Å². The minimum Gasteiger partial charge on any atom is -0.492 e. The summed E-state index contributed by atoms with van der Waals surface area (Å²) in [5.41, 5.74) is 6.60. The molecule has 1 aliphatic heterocycles. The second-order valence-electron chi connectivity index (χ2n) is 7.65. The van der Waals surface area contributed by atoms with Gasteiger partial charge in [0.05, 0.1) is 6.04 Å². The lowest BCUT2D eigenvalue weighted by molar-refractivity contribution is 0.223. The maximum atomic E-state index is 5.94. The molecule has 0 fully saturated rings. The average molecular weight is 378 g/mol. The Bertz CT molecular complexity index is 925. The first-order valence-corrected chi connectivity index (χ1v) is 10.5. The zero-order valence-corrected chi connectivity index (χ0v) is 17.2. The smallest absolute Gasteiger partial charge is 0.119 e. The molecule has 1 atom stereocenters. The summed E-state index contributed by atoms with van der Waals surface area (Å²) < 4.78 is 5.94. The summed E-state index contributed by atoms with van der Waals surface area (Å²) in [5.74, 6) is 0.944. The van der Waals surface area contributed by atoms with Crippen molar-refractivity contribution in [3.05, 3.63) is 64.8 Å². The molecule has 2 heterocycles. The molecule has 4 heteroatoms. The molecule has 1 unspecified atom stereocenters. The van der Waals surface area contributed by atoms with E-state index in [2.05, 4.69) is 78.4 Å². The number of aryl methyl sites for hydroxylation is 1. The highest BCUT2D eigenvalue weighted by Crippen LogP contribution is 2.34. The Balaban J connectivity index is 1.50. The summed E-state index contributed by atoms with van der Waals surface area (Å²) in [7, 11) is 0. The fourth-order valence-electron chi connectivity index (χ4n) is 4.22. The fourth-order valence-corrected chi connectivity index (χ4v) is 4.22. The quantitative estimate of drug-likeness (QED) is 0.640. The highest BCUT2D eigenvalue weighted by atomic mass is 16.5. The molecule has 2 N–H and O–H groups in total. The Kier molecular flexibility index (Phi) is 5.69. The third-order valence-corrected chi connectivity index (χ3v) is 5.89. The first-order valence-electron chi connectivity index (χ1n) is 10.5. The Morgan fingerprint density at radius 3 is 2.61 bits per heavy atom. The normalized spacial score (nSPS) is 16.5. The third kappa shape index (κ3) is 3.80. The van der Waals surface area contributed by atoms with Crippen molar-refractivity contribution in [1.82, 2.24) is 15.2 Å². The molecule has 3 aromatic rings. The maximum Gasteiger partial charge on any atom is 0.119 e. The van der Waals surface area contributed by atoms with Crippen LogP contribution in [-0.4, -0.2) is 42.7 Å². The lowest BCUT2D eigenvalue weighted by atomic mass is 9.94. The second-order valence-corrected chi connectivity index (χ2v) is 7.65. The van der Waals surface area contributed by atoms with Gasteiger partial charge in [-0.2, -0.15) is 0 Å². The van der Waals surface area contributed by atoms with Crippen molar-refractivity contribution < 1.29 is 4.74 Å². The van der Waals surface area contributed by atoms with E-state index in [0.29, 0.717) is 0 Å². The van der Waals surface area contributed by atoms with Crippen LogP contribution in [0.25, 0.3) is 10.9 Å². The van der Waals surface area contributed by atoms with Crippen LogP contribution in [0.5, 0.6) is 5.75 Å².